The lowest BCUT2D eigenvalue weighted by atomic mass is 9.97. The van der Waals surface area contributed by atoms with E-state index >= 15 is 0 Å². The number of nitrogens with one attached hydrogen (secondary N) is 2. The first-order valence-electron chi connectivity index (χ1n) is 7.56. The smallest absolute Gasteiger partial charge is 0.222 e. The third-order valence-electron chi connectivity index (χ3n) is 2.39. The Morgan fingerprint density at radius 1 is 0.950 bits per heavy atom. The summed E-state index contributed by atoms with van der Waals surface area (Å²) in [5.74, 6) is 0.505. The molecule has 0 rings (SSSR count). The first-order valence-corrected chi connectivity index (χ1v) is 7.56. The van der Waals surface area contributed by atoms with Gasteiger partial charge in [-0.3, -0.25) is 9.59 Å². The SMILES string of the molecule is CC(C)C(=O)NCC(C)(C)C.CCCNC(=O)C(C)C.[HH].[HH]. The summed E-state index contributed by atoms with van der Waals surface area (Å²) in [6, 6.07) is 0. The van der Waals surface area contributed by atoms with Gasteiger partial charge in [0.1, 0.15) is 0 Å². The van der Waals surface area contributed by atoms with Crippen molar-refractivity contribution in [1.82, 2.24) is 10.6 Å². The van der Waals surface area contributed by atoms with E-state index in [0.29, 0.717) is 0 Å². The van der Waals surface area contributed by atoms with Crippen LogP contribution in [0.4, 0.5) is 0 Å². The van der Waals surface area contributed by atoms with Gasteiger partial charge in [-0.25, -0.2) is 0 Å². The summed E-state index contributed by atoms with van der Waals surface area (Å²) in [7, 11) is 0. The lowest BCUT2D eigenvalue weighted by molar-refractivity contribution is -0.124. The monoisotopic (exact) mass is 290 g/mol. The zero-order chi connectivity index (χ0) is 16.3. The summed E-state index contributed by atoms with van der Waals surface area (Å²) in [5, 5.41) is 5.68. The van der Waals surface area contributed by atoms with Gasteiger partial charge in [0.15, 0.2) is 0 Å². The molecule has 0 spiro atoms. The summed E-state index contributed by atoms with van der Waals surface area (Å²) >= 11 is 0. The minimum atomic E-state index is 0. The Bertz CT molecular complexity index is 288. The van der Waals surface area contributed by atoms with Gasteiger partial charge in [0.05, 0.1) is 0 Å². The van der Waals surface area contributed by atoms with Gasteiger partial charge < -0.3 is 10.6 Å². The fourth-order valence-corrected chi connectivity index (χ4v) is 1.01. The molecule has 0 saturated heterocycles. The van der Waals surface area contributed by atoms with Gasteiger partial charge in [-0.15, -0.1) is 0 Å². The molecule has 0 heterocycles. The second kappa shape index (κ2) is 10.7. The molecule has 0 fully saturated rings. The Kier molecular flexibility index (Phi) is 11.4. The Labute approximate surface area is 128 Å². The maximum Gasteiger partial charge on any atom is 0.222 e. The van der Waals surface area contributed by atoms with Crippen molar-refractivity contribution in [3.8, 4) is 0 Å². The van der Waals surface area contributed by atoms with Crippen LogP contribution < -0.4 is 10.6 Å². The highest BCUT2D eigenvalue weighted by Crippen LogP contribution is 2.10. The van der Waals surface area contributed by atoms with Crippen LogP contribution in [0.15, 0.2) is 0 Å². The van der Waals surface area contributed by atoms with E-state index < -0.39 is 0 Å². The zero-order valence-corrected chi connectivity index (χ0v) is 14.6. The fourth-order valence-electron chi connectivity index (χ4n) is 1.01. The van der Waals surface area contributed by atoms with E-state index in [1.54, 1.807) is 0 Å². The first-order chi connectivity index (χ1) is 9.01. The van der Waals surface area contributed by atoms with Gasteiger partial charge >= 0.3 is 0 Å². The molecule has 0 radical (unpaired) electrons. The quantitative estimate of drug-likeness (QED) is 0.814. The zero-order valence-electron chi connectivity index (χ0n) is 14.6. The third-order valence-corrected chi connectivity index (χ3v) is 2.39. The molecule has 20 heavy (non-hydrogen) atoms. The lowest BCUT2D eigenvalue weighted by Crippen LogP contribution is -2.34. The molecule has 0 bridgehead atoms. The fraction of sp³-hybridized carbons (Fsp3) is 0.875. The van der Waals surface area contributed by atoms with Crippen LogP contribution in [-0.2, 0) is 9.59 Å². The van der Waals surface area contributed by atoms with Crippen LogP contribution in [0.25, 0.3) is 0 Å². The molecule has 0 aromatic rings. The minimum absolute atomic E-state index is 0. The number of hydrogen-bond acceptors (Lipinski definition) is 2. The van der Waals surface area contributed by atoms with Gasteiger partial charge in [0.25, 0.3) is 0 Å². The van der Waals surface area contributed by atoms with Crippen LogP contribution in [0.3, 0.4) is 0 Å². The Morgan fingerprint density at radius 3 is 1.65 bits per heavy atom. The topological polar surface area (TPSA) is 58.2 Å². The molecule has 0 aromatic heterocycles. The molecule has 124 valence electrons. The highest BCUT2D eigenvalue weighted by Gasteiger charge is 2.13. The normalized spacial score (nSPS) is 10.9. The molecule has 0 aliphatic rings. The molecule has 0 aromatic carbocycles. The number of rotatable bonds is 5. The predicted molar refractivity (Wildman–Crippen MR) is 89.7 cm³/mol. The van der Waals surface area contributed by atoms with Crippen LogP contribution in [0.1, 0.15) is 64.7 Å². The molecule has 4 heteroatoms. The second-order valence-electron chi connectivity index (χ2n) is 6.88. The molecular formula is C16H38N2O2. The Balaban J connectivity index is -0.000000137. The number of carbonyl (C=O) groups is 2. The first kappa shape index (κ1) is 21.2. The number of amides is 2. The molecule has 2 N–H and O–H groups in total. The van der Waals surface area contributed by atoms with Gasteiger partial charge in [0, 0.05) is 27.8 Å². The standard InChI is InChI=1S/C9H19NO.C7H15NO.2H2/c1-7(2)8(11)10-6-9(3,4)5;1-4-5-8-7(9)6(2)3;;/h7H,6H2,1-5H3,(H,10,11);6H,4-5H2,1-3H3,(H,8,9);2*1H. The largest absolute Gasteiger partial charge is 0.356 e. The van der Waals surface area contributed by atoms with Crippen LogP contribution >= 0.6 is 0 Å². The molecule has 0 aliphatic heterocycles. The molecule has 0 unspecified atom stereocenters. The Morgan fingerprint density at radius 2 is 1.35 bits per heavy atom. The molecule has 2 amide bonds. The maximum absolute atomic E-state index is 11.1. The van der Waals surface area contributed by atoms with E-state index in [1.165, 1.54) is 0 Å². The van der Waals surface area contributed by atoms with Crippen molar-refractivity contribution < 1.29 is 12.4 Å². The van der Waals surface area contributed by atoms with E-state index in [2.05, 4.69) is 31.4 Å². The number of carbonyl (C=O) groups excluding carboxylic acids is 2. The van der Waals surface area contributed by atoms with Gasteiger partial charge in [0.2, 0.25) is 11.8 Å². The predicted octanol–water partition coefficient (Wildman–Crippen LogP) is 3.47. The summed E-state index contributed by atoms with van der Waals surface area (Å²) in [5.41, 5.74) is 0.185. The summed E-state index contributed by atoms with van der Waals surface area (Å²) < 4.78 is 0. The van der Waals surface area contributed by atoms with E-state index in [0.717, 1.165) is 19.5 Å². The van der Waals surface area contributed by atoms with E-state index in [1.807, 2.05) is 34.6 Å². The molecule has 0 aliphatic carbocycles. The summed E-state index contributed by atoms with van der Waals surface area (Å²) in [4.78, 5) is 21.9. The van der Waals surface area contributed by atoms with Crippen LogP contribution in [0, 0.1) is 17.3 Å². The highest BCUT2D eigenvalue weighted by molar-refractivity contribution is 5.78. The van der Waals surface area contributed by atoms with E-state index in [-0.39, 0.29) is 31.9 Å². The minimum Gasteiger partial charge on any atom is -0.356 e. The summed E-state index contributed by atoms with van der Waals surface area (Å²) in [6.07, 6.45) is 1.01. The third kappa shape index (κ3) is 15.0. The van der Waals surface area contributed by atoms with Crippen molar-refractivity contribution in [3.63, 3.8) is 0 Å². The molecule has 4 nitrogen and oxygen atoms in total. The van der Waals surface area contributed by atoms with Crippen LogP contribution in [-0.4, -0.2) is 24.9 Å². The van der Waals surface area contributed by atoms with Gasteiger partial charge in [-0.1, -0.05) is 55.4 Å². The van der Waals surface area contributed by atoms with Gasteiger partial charge in [-0.2, -0.15) is 0 Å². The average Bonchev–Trinajstić information content (AvgIpc) is 2.32. The maximum atomic E-state index is 11.1. The second-order valence-corrected chi connectivity index (χ2v) is 6.88. The van der Waals surface area contributed by atoms with Crippen LogP contribution in [0.5, 0.6) is 0 Å². The van der Waals surface area contributed by atoms with E-state index in [4.69, 9.17) is 0 Å². The van der Waals surface area contributed by atoms with Crippen molar-refractivity contribution in [2.45, 2.75) is 61.8 Å². The summed E-state index contributed by atoms with van der Waals surface area (Å²) in [6.45, 7) is 17.5. The molecule has 0 atom stereocenters. The van der Waals surface area contributed by atoms with Crippen molar-refractivity contribution in [2.75, 3.05) is 13.1 Å². The highest BCUT2D eigenvalue weighted by atomic mass is 16.2. The van der Waals surface area contributed by atoms with Crippen molar-refractivity contribution >= 4 is 11.8 Å². The van der Waals surface area contributed by atoms with Crippen LogP contribution in [0.2, 0.25) is 0 Å². The van der Waals surface area contributed by atoms with Gasteiger partial charge in [-0.05, 0) is 11.8 Å². The number of hydrogen-bond donors (Lipinski definition) is 2. The van der Waals surface area contributed by atoms with Crippen molar-refractivity contribution in [2.24, 2.45) is 17.3 Å². The molecule has 0 saturated carbocycles. The molecular weight excluding hydrogens is 252 g/mol. The van der Waals surface area contributed by atoms with Crippen molar-refractivity contribution in [1.29, 1.82) is 0 Å². The lowest BCUT2D eigenvalue weighted by Gasteiger charge is -2.19. The van der Waals surface area contributed by atoms with Crippen molar-refractivity contribution in [3.05, 3.63) is 0 Å². The van der Waals surface area contributed by atoms with E-state index in [9.17, 15) is 9.59 Å². The average molecular weight is 290 g/mol. The Hall–Kier alpha value is -1.06.